The molecule has 0 unspecified atom stereocenters. The van der Waals surface area contributed by atoms with Crippen LogP contribution in [0.3, 0.4) is 0 Å². The highest BCUT2D eigenvalue weighted by atomic mass is 32.2. The number of pyridine rings is 1. The highest BCUT2D eigenvalue weighted by Gasteiger charge is 2.18. The summed E-state index contributed by atoms with van der Waals surface area (Å²) >= 11 is 0. The number of rotatable bonds is 3. The van der Waals surface area contributed by atoms with E-state index in [0.717, 1.165) is 5.56 Å². The van der Waals surface area contributed by atoms with Gasteiger partial charge in [0, 0.05) is 37.5 Å². The van der Waals surface area contributed by atoms with Crippen LogP contribution >= 0.6 is 0 Å². The van der Waals surface area contributed by atoms with Crippen molar-refractivity contribution >= 4 is 37.6 Å². The Morgan fingerprint density at radius 1 is 0.714 bits per heavy atom. The lowest BCUT2D eigenvalue weighted by molar-refractivity contribution is -0.617. The summed E-state index contributed by atoms with van der Waals surface area (Å²) < 4.78 is 33.4. The molecular formula is C29H28N2O3S. The van der Waals surface area contributed by atoms with Gasteiger partial charge in [-0.05, 0) is 48.9 Å². The molecule has 35 heavy (non-hydrogen) atoms. The maximum Gasteiger partial charge on any atom is 0.213 e. The molecule has 0 N–H and O–H groups in total. The van der Waals surface area contributed by atoms with E-state index in [1.54, 1.807) is 12.1 Å². The summed E-state index contributed by atoms with van der Waals surface area (Å²) in [7, 11) is 2.02. The first-order valence-corrected chi connectivity index (χ1v) is 12.7. The molecule has 0 fully saturated rings. The zero-order chi connectivity index (χ0) is 25.2. The van der Waals surface area contributed by atoms with Gasteiger partial charge in [-0.15, -0.1) is 0 Å². The summed E-state index contributed by atoms with van der Waals surface area (Å²) in [5.74, 6) is 0. The molecule has 0 amide bonds. The van der Waals surface area contributed by atoms with Crippen LogP contribution in [0.15, 0.2) is 102 Å². The topological polar surface area (TPSA) is 64.3 Å². The van der Waals surface area contributed by atoms with Gasteiger partial charge in [0.1, 0.15) is 17.2 Å². The molecular weight excluding hydrogens is 456 g/mol. The minimum absolute atomic E-state index is 0.178. The van der Waals surface area contributed by atoms with Gasteiger partial charge >= 0.3 is 0 Å². The molecule has 0 aliphatic carbocycles. The average molecular weight is 485 g/mol. The Morgan fingerprint density at radius 3 is 1.66 bits per heavy atom. The van der Waals surface area contributed by atoms with Gasteiger partial charge in [-0.25, -0.2) is 8.42 Å². The minimum Gasteiger partial charge on any atom is -0.744 e. The Bertz CT molecular complexity index is 1540. The molecule has 0 bridgehead atoms. The predicted molar refractivity (Wildman–Crippen MR) is 142 cm³/mol. The van der Waals surface area contributed by atoms with Crippen LogP contribution in [-0.4, -0.2) is 27.1 Å². The Labute approximate surface area is 206 Å². The van der Waals surface area contributed by atoms with E-state index in [4.69, 9.17) is 0 Å². The highest BCUT2D eigenvalue weighted by molar-refractivity contribution is 7.85. The van der Waals surface area contributed by atoms with Crippen molar-refractivity contribution in [2.45, 2.75) is 11.8 Å². The van der Waals surface area contributed by atoms with E-state index in [-0.39, 0.29) is 4.90 Å². The molecule has 0 atom stereocenters. The number of anilines is 1. The van der Waals surface area contributed by atoms with Crippen molar-refractivity contribution in [3.63, 3.8) is 0 Å². The second-order valence-corrected chi connectivity index (χ2v) is 10.1. The zero-order valence-electron chi connectivity index (χ0n) is 20.3. The van der Waals surface area contributed by atoms with Crippen LogP contribution in [0.4, 0.5) is 5.69 Å². The summed E-state index contributed by atoms with van der Waals surface area (Å²) in [6.45, 7) is 1.82. The first kappa shape index (κ1) is 24.4. The van der Waals surface area contributed by atoms with Gasteiger partial charge in [-0.1, -0.05) is 54.1 Å². The van der Waals surface area contributed by atoms with E-state index in [1.165, 1.54) is 50.8 Å². The average Bonchev–Trinajstić information content (AvgIpc) is 2.85. The summed E-state index contributed by atoms with van der Waals surface area (Å²) in [6.07, 6.45) is 0. The molecule has 178 valence electrons. The number of fused-ring (bicyclic) bond motifs is 2. The highest BCUT2D eigenvalue weighted by Crippen LogP contribution is 2.34. The quantitative estimate of drug-likeness (QED) is 0.194. The number of aryl methyl sites for hydroxylation is 2. The third-order valence-corrected chi connectivity index (χ3v) is 6.90. The zero-order valence-corrected chi connectivity index (χ0v) is 21.1. The molecule has 0 spiro atoms. The number of hydrogen-bond donors (Lipinski definition) is 0. The molecule has 5 aromatic rings. The molecule has 5 rings (SSSR count). The largest absolute Gasteiger partial charge is 0.744 e. The lowest BCUT2D eigenvalue weighted by atomic mass is 9.95. The van der Waals surface area contributed by atoms with Crippen molar-refractivity contribution < 1.29 is 17.5 Å². The first-order valence-electron chi connectivity index (χ1n) is 11.3. The number of aromatic nitrogens is 1. The van der Waals surface area contributed by atoms with Crippen molar-refractivity contribution in [2.75, 3.05) is 19.0 Å². The van der Waals surface area contributed by atoms with Gasteiger partial charge in [0.2, 0.25) is 11.0 Å². The Morgan fingerprint density at radius 2 is 1.20 bits per heavy atom. The summed E-state index contributed by atoms with van der Waals surface area (Å²) in [6, 6.07) is 31.9. The Balaban J connectivity index is 0.000000221. The standard InChI is InChI=1S/C22H21N2.C7H8O3S/c1-23(2)17-14-12-16(13-15-17)22-18-8-4-6-10-20(18)24(3)21-11-7-5-9-19(21)22;1-6-2-4-7(5-3-6)11(8,9)10/h4-15H,1-3H3;2-5H,1H3,(H,8,9,10)/q+1;/p-1. The maximum atomic E-state index is 10.4. The third kappa shape index (κ3) is 5.19. The number of hydrogen-bond acceptors (Lipinski definition) is 4. The molecule has 0 saturated heterocycles. The van der Waals surface area contributed by atoms with E-state index in [0.29, 0.717) is 0 Å². The van der Waals surface area contributed by atoms with Gasteiger partial charge in [0.15, 0.2) is 0 Å². The molecule has 6 heteroatoms. The fourth-order valence-electron chi connectivity index (χ4n) is 4.17. The van der Waals surface area contributed by atoms with Crippen molar-refractivity contribution in [3.8, 4) is 11.1 Å². The van der Waals surface area contributed by atoms with Crippen LogP contribution in [0.1, 0.15) is 5.56 Å². The van der Waals surface area contributed by atoms with Crippen LogP contribution in [0.5, 0.6) is 0 Å². The predicted octanol–water partition coefficient (Wildman–Crippen LogP) is 5.45. The SMILES string of the molecule is CN(C)c1ccc(-c2c3ccccc3[n+](C)c3ccccc23)cc1.Cc1ccc(S(=O)(=O)[O-])cc1. The van der Waals surface area contributed by atoms with E-state index in [2.05, 4.69) is 103 Å². The Hall–Kier alpha value is -3.74. The summed E-state index contributed by atoms with van der Waals surface area (Å²) in [4.78, 5) is 1.95. The van der Waals surface area contributed by atoms with Crippen LogP contribution in [0.2, 0.25) is 0 Å². The van der Waals surface area contributed by atoms with Gasteiger partial charge in [0.05, 0.1) is 15.7 Å². The van der Waals surface area contributed by atoms with Crippen molar-refractivity contribution in [1.29, 1.82) is 0 Å². The normalized spacial score (nSPS) is 11.2. The van der Waals surface area contributed by atoms with Crippen molar-refractivity contribution in [1.82, 2.24) is 0 Å². The lowest BCUT2D eigenvalue weighted by Crippen LogP contribution is -2.30. The van der Waals surface area contributed by atoms with Crippen molar-refractivity contribution in [3.05, 3.63) is 103 Å². The van der Waals surface area contributed by atoms with Crippen molar-refractivity contribution in [2.24, 2.45) is 7.05 Å². The van der Waals surface area contributed by atoms with Gasteiger partial charge < -0.3 is 9.45 Å². The van der Waals surface area contributed by atoms with Gasteiger partial charge in [-0.2, -0.15) is 4.57 Å². The fourth-order valence-corrected chi connectivity index (χ4v) is 4.64. The number of benzene rings is 4. The third-order valence-electron chi connectivity index (χ3n) is 6.05. The molecule has 0 radical (unpaired) electrons. The van der Waals surface area contributed by atoms with E-state index >= 15 is 0 Å². The van der Waals surface area contributed by atoms with Crippen LogP contribution in [0, 0.1) is 6.92 Å². The first-order chi connectivity index (χ1) is 16.7. The molecule has 0 aliphatic heterocycles. The van der Waals surface area contributed by atoms with Gasteiger partial charge in [-0.3, -0.25) is 0 Å². The van der Waals surface area contributed by atoms with E-state index < -0.39 is 10.1 Å². The molecule has 5 nitrogen and oxygen atoms in total. The van der Waals surface area contributed by atoms with E-state index in [1.807, 2.05) is 6.92 Å². The van der Waals surface area contributed by atoms with Gasteiger partial charge in [0.25, 0.3) is 0 Å². The number of para-hydroxylation sites is 2. The second-order valence-electron chi connectivity index (χ2n) is 8.68. The monoisotopic (exact) mass is 484 g/mol. The molecule has 0 aliphatic rings. The van der Waals surface area contributed by atoms with Crippen LogP contribution in [0.25, 0.3) is 32.9 Å². The van der Waals surface area contributed by atoms with Crippen LogP contribution < -0.4 is 9.47 Å². The number of nitrogens with zero attached hydrogens (tertiary/aromatic N) is 2. The smallest absolute Gasteiger partial charge is 0.213 e. The fraction of sp³-hybridized carbons (Fsp3) is 0.138. The molecule has 1 heterocycles. The minimum atomic E-state index is -4.27. The summed E-state index contributed by atoms with van der Waals surface area (Å²) in [5.41, 5.74) is 7.22. The molecule has 0 saturated carbocycles. The lowest BCUT2D eigenvalue weighted by Gasteiger charge is -2.14. The molecule has 1 aromatic heterocycles. The maximum absolute atomic E-state index is 10.4. The molecule has 4 aromatic carbocycles. The van der Waals surface area contributed by atoms with Crippen LogP contribution in [-0.2, 0) is 17.2 Å². The van der Waals surface area contributed by atoms with E-state index in [9.17, 15) is 13.0 Å². The summed E-state index contributed by atoms with van der Waals surface area (Å²) in [5, 5.41) is 2.58. The second kappa shape index (κ2) is 9.86. The Kier molecular flexibility index (Phi) is 6.87.